The zero-order valence-electron chi connectivity index (χ0n) is 16.7. The molecule has 2 saturated heterocycles. The Balaban J connectivity index is 0.000000285. The fourth-order valence-electron chi connectivity index (χ4n) is 2.66. The number of epoxide rings is 2. The number of hydrogen-bond acceptors (Lipinski definition) is 4. The summed E-state index contributed by atoms with van der Waals surface area (Å²) in [4.78, 5) is 0. The highest BCUT2D eigenvalue weighted by Crippen LogP contribution is 2.33. The zero-order valence-corrected chi connectivity index (χ0v) is 16.7. The second-order valence-electron chi connectivity index (χ2n) is 6.86. The Morgan fingerprint density at radius 3 is 1.50 bits per heavy atom. The lowest BCUT2D eigenvalue weighted by molar-refractivity contribution is 0.408. The van der Waals surface area contributed by atoms with Gasteiger partial charge in [0.25, 0.3) is 0 Å². The molecule has 142 valence electrons. The first-order valence-corrected chi connectivity index (χ1v) is 8.98. The van der Waals surface area contributed by atoms with Crippen LogP contribution in [-0.4, -0.2) is 38.1 Å². The topological polar surface area (TPSA) is 54.5 Å². The van der Waals surface area contributed by atoms with Gasteiger partial charge in [0.15, 0.2) is 0 Å². The molecule has 1 atom stereocenters. The van der Waals surface area contributed by atoms with Crippen LogP contribution in [0.1, 0.15) is 29.2 Å². The summed E-state index contributed by atoms with van der Waals surface area (Å²) in [5, 5.41) is 9.85. The zero-order chi connectivity index (χ0) is 19.3. The lowest BCUT2D eigenvalue weighted by Gasteiger charge is -2.13. The van der Waals surface area contributed by atoms with Crippen molar-refractivity contribution in [2.24, 2.45) is 0 Å². The molecule has 0 amide bonds. The van der Waals surface area contributed by atoms with Crippen LogP contribution in [0.3, 0.4) is 0 Å². The quantitative estimate of drug-likeness (QED) is 0.789. The second-order valence-corrected chi connectivity index (χ2v) is 6.86. The van der Waals surface area contributed by atoms with Crippen LogP contribution in [0.5, 0.6) is 11.5 Å². The van der Waals surface area contributed by atoms with Crippen molar-refractivity contribution in [1.82, 2.24) is 0 Å². The molecular weight excluding hydrogens is 328 g/mol. The molecule has 0 aromatic heterocycles. The van der Waals surface area contributed by atoms with Crippen molar-refractivity contribution in [2.45, 2.75) is 40.7 Å². The SMILES string of the molecule is C1CO1.CC1CO1.COc1c(C)cc(-c2cc(C)c(O)c(C)c2)cc1C. The van der Waals surface area contributed by atoms with Crippen LogP contribution in [0.2, 0.25) is 0 Å². The summed E-state index contributed by atoms with van der Waals surface area (Å²) in [6.45, 7) is 13.0. The van der Waals surface area contributed by atoms with Gasteiger partial charge >= 0.3 is 0 Å². The first-order valence-electron chi connectivity index (χ1n) is 8.98. The summed E-state index contributed by atoms with van der Waals surface area (Å²) < 4.78 is 14.6. The summed E-state index contributed by atoms with van der Waals surface area (Å²) in [6.07, 6.45) is 0.583. The monoisotopic (exact) mass is 358 g/mol. The molecule has 2 aromatic carbocycles. The Bertz CT molecular complexity index is 697. The van der Waals surface area contributed by atoms with Crippen molar-refractivity contribution >= 4 is 0 Å². The standard InChI is InChI=1S/C17H20O2.C3H6O.C2H4O/c1-10-6-14(7-11(2)16(10)18)15-8-12(3)17(19-5)13(4)9-15;1-3-2-4-3;1-2-3-1/h6-9,18H,1-5H3;3H,2H2,1H3;1-2H2. The highest BCUT2D eigenvalue weighted by molar-refractivity contribution is 5.70. The van der Waals surface area contributed by atoms with E-state index in [0.29, 0.717) is 11.9 Å². The van der Waals surface area contributed by atoms with Gasteiger partial charge in [-0.25, -0.2) is 0 Å². The maximum Gasteiger partial charge on any atom is 0.124 e. The van der Waals surface area contributed by atoms with E-state index in [1.807, 2.05) is 26.0 Å². The summed E-state index contributed by atoms with van der Waals surface area (Å²) in [7, 11) is 1.70. The number of rotatable bonds is 2. The van der Waals surface area contributed by atoms with Gasteiger partial charge in [0.2, 0.25) is 0 Å². The van der Waals surface area contributed by atoms with E-state index >= 15 is 0 Å². The summed E-state index contributed by atoms with van der Waals surface area (Å²) >= 11 is 0. The molecule has 2 heterocycles. The van der Waals surface area contributed by atoms with E-state index in [-0.39, 0.29) is 0 Å². The fraction of sp³-hybridized carbons (Fsp3) is 0.455. The second kappa shape index (κ2) is 9.06. The predicted molar refractivity (Wildman–Crippen MR) is 105 cm³/mol. The molecule has 26 heavy (non-hydrogen) atoms. The first-order chi connectivity index (χ1) is 12.3. The lowest BCUT2D eigenvalue weighted by Crippen LogP contribution is -1.93. The average Bonchev–Trinajstić information content (AvgIpc) is 3.47. The normalized spacial score (nSPS) is 16.6. The van der Waals surface area contributed by atoms with Crippen molar-refractivity contribution in [3.63, 3.8) is 0 Å². The molecule has 0 bridgehead atoms. The number of hydrogen-bond donors (Lipinski definition) is 1. The van der Waals surface area contributed by atoms with Crippen molar-refractivity contribution in [3.05, 3.63) is 46.5 Å². The van der Waals surface area contributed by atoms with E-state index in [0.717, 1.165) is 59.0 Å². The number of ether oxygens (including phenoxy) is 3. The highest BCUT2D eigenvalue weighted by atomic mass is 16.6. The van der Waals surface area contributed by atoms with E-state index < -0.39 is 0 Å². The molecule has 0 spiro atoms. The molecule has 2 aliphatic rings. The van der Waals surface area contributed by atoms with Crippen LogP contribution < -0.4 is 4.74 Å². The van der Waals surface area contributed by atoms with Crippen molar-refractivity contribution in [2.75, 3.05) is 26.9 Å². The van der Waals surface area contributed by atoms with Crippen LogP contribution in [0.4, 0.5) is 0 Å². The maximum absolute atomic E-state index is 9.85. The molecule has 4 rings (SSSR count). The largest absolute Gasteiger partial charge is 0.507 e. The van der Waals surface area contributed by atoms with Gasteiger partial charge in [-0.15, -0.1) is 0 Å². The number of aromatic hydroxyl groups is 1. The maximum atomic E-state index is 9.85. The molecule has 2 fully saturated rings. The molecule has 1 N–H and O–H groups in total. The Kier molecular flexibility index (Phi) is 7.06. The van der Waals surface area contributed by atoms with Crippen LogP contribution >= 0.6 is 0 Å². The predicted octanol–water partition coefficient (Wildman–Crippen LogP) is 4.72. The van der Waals surface area contributed by atoms with E-state index in [9.17, 15) is 5.11 Å². The molecule has 0 saturated carbocycles. The minimum Gasteiger partial charge on any atom is -0.507 e. The minimum absolute atomic E-state index is 0.380. The third-order valence-electron chi connectivity index (χ3n) is 4.19. The van der Waals surface area contributed by atoms with E-state index in [1.54, 1.807) is 7.11 Å². The summed E-state index contributed by atoms with van der Waals surface area (Å²) in [5.74, 6) is 1.32. The van der Waals surface area contributed by atoms with Crippen LogP contribution in [-0.2, 0) is 9.47 Å². The molecule has 2 aliphatic heterocycles. The van der Waals surface area contributed by atoms with Crippen molar-refractivity contribution < 1.29 is 19.3 Å². The van der Waals surface area contributed by atoms with Gasteiger partial charge in [-0.2, -0.15) is 0 Å². The lowest BCUT2D eigenvalue weighted by atomic mass is 9.96. The van der Waals surface area contributed by atoms with E-state index in [4.69, 9.17) is 9.47 Å². The minimum atomic E-state index is 0.380. The van der Waals surface area contributed by atoms with Gasteiger partial charge in [0.1, 0.15) is 11.5 Å². The first kappa shape index (κ1) is 20.3. The summed E-state index contributed by atoms with van der Waals surface area (Å²) in [6, 6.07) is 8.28. The Hall–Kier alpha value is -2.04. The van der Waals surface area contributed by atoms with E-state index in [1.165, 1.54) is 0 Å². The molecule has 0 radical (unpaired) electrons. The smallest absolute Gasteiger partial charge is 0.124 e. The van der Waals surface area contributed by atoms with Crippen molar-refractivity contribution in [3.8, 4) is 22.6 Å². The van der Waals surface area contributed by atoms with Crippen LogP contribution in [0, 0.1) is 27.7 Å². The third-order valence-corrected chi connectivity index (χ3v) is 4.19. The number of benzene rings is 2. The number of aryl methyl sites for hydroxylation is 4. The highest BCUT2D eigenvalue weighted by Gasteiger charge is 2.13. The molecule has 2 aromatic rings. The number of phenolic OH excluding ortho intramolecular Hbond substituents is 1. The van der Waals surface area contributed by atoms with E-state index in [2.05, 4.69) is 37.6 Å². The van der Waals surface area contributed by atoms with Gasteiger partial charge in [0.05, 0.1) is 33.0 Å². The Morgan fingerprint density at radius 2 is 1.23 bits per heavy atom. The van der Waals surface area contributed by atoms with Gasteiger partial charge in [-0.05, 0) is 92.3 Å². The Labute approximate surface area is 156 Å². The van der Waals surface area contributed by atoms with Gasteiger partial charge in [-0.3, -0.25) is 0 Å². The number of phenols is 1. The average molecular weight is 358 g/mol. The Morgan fingerprint density at radius 1 is 0.885 bits per heavy atom. The van der Waals surface area contributed by atoms with Gasteiger partial charge in [-0.1, -0.05) is 0 Å². The summed E-state index contributed by atoms with van der Waals surface area (Å²) in [5.41, 5.74) is 6.34. The fourth-order valence-corrected chi connectivity index (χ4v) is 2.66. The van der Waals surface area contributed by atoms with Crippen LogP contribution in [0.15, 0.2) is 24.3 Å². The molecule has 0 aliphatic carbocycles. The molecule has 1 unspecified atom stereocenters. The molecular formula is C22H30O4. The molecule has 4 nitrogen and oxygen atoms in total. The van der Waals surface area contributed by atoms with Crippen molar-refractivity contribution in [1.29, 1.82) is 0 Å². The van der Waals surface area contributed by atoms with Gasteiger partial charge < -0.3 is 19.3 Å². The number of methoxy groups -OCH3 is 1. The third kappa shape index (κ3) is 6.04. The molecule has 4 heteroatoms. The van der Waals surface area contributed by atoms with Gasteiger partial charge in [0, 0.05) is 0 Å². The van der Waals surface area contributed by atoms with Crippen LogP contribution in [0.25, 0.3) is 11.1 Å².